The van der Waals surface area contributed by atoms with E-state index in [1.165, 1.54) is 4.90 Å². The molecular weight excluding hydrogens is 228 g/mol. The molecule has 2 amide bonds. The number of carboxylic acids is 1. The molecule has 1 atom stereocenters. The minimum Gasteiger partial charge on any atom is -0.480 e. The lowest BCUT2D eigenvalue weighted by molar-refractivity contribution is -0.141. The summed E-state index contributed by atoms with van der Waals surface area (Å²) >= 11 is 1.73. The van der Waals surface area contributed by atoms with E-state index in [0.29, 0.717) is 19.5 Å². The van der Waals surface area contributed by atoms with E-state index in [4.69, 9.17) is 5.11 Å². The van der Waals surface area contributed by atoms with Gasteiger partial charge in [0.05, 0.1) is 0 Å². The number of carbonyl (C=O) groups is 2. The summed E-state index contributed by atoms with van der Waals surface area (Å²) in [6, 6.07) is -0.883. The molecule has 0 radical (unpaired) electrons. The number of hydrogen-bond acceptors (Lipinski definition) is 3. The van der Waals surface area contributed by atoms with Crippen LogP contribution in [0, 0.1) is 0 Å². The van der Waals surface area contributed by atoms with E-state index in [1.54, 1.807) is 11.8 Å². The Labute approximate surface area is 99.6 Å². The number of nitrogens with one attached hydrogen (secondary N) is 1. The third-order valence-electron chi connectivity index (χ3n) is 2.60. The van der Waals surface area contributed by atoms with E-state index in [-0.39, 0.29) is 6.03 Å². The number of urea groups is 1. The number of thioether (sulfide) groups is 1. The molecule has 0 unspecified atom stereocenters. The zero-order chi connectivity index (χ0) is 12.0. The molecule has 6 heteroatoms. The second kappa shape index (κ2) is 6.62. The Balaban J connectivity index is 2.32. The Bertz CT molecular complexity index is 260. The van der Waals surface area contributed by atoms with Crippen LogP contribution in [0.5, 0.6) is 0 Å². The van der Waals surface area contributed by atoms with Gasteiger partial charge in [0, 0.05) is 13.1 Å². The standard InChI is InChI=1S/C10H18N2O3S/c1-16-7-3-5-11-10(15)12-6-2-4-8(12)9(13)14/h8H,2-7H2,1H3,(H,11,15)(H,13,14)/t8-/m0/s1. The molecule has 0 bridgehead atoms. The fraction of sp³-hybridized carbons (Fsp3) is 0.800. The van der Waals surface area contributed by atoms with E-state index in [2.05, 4.69) is 5.32 Å². The number of carboxylic acid groups (broad SMARTS) is 1. The maximum absolute atomic E-state index is 11.7. The van der Waals surface area contributed by atoms with Crippen molar-refractivity contribution in [1.82, 2.24) is 10.2 Å². The minimum absolute atomic E-state index is 0.244. The molecule has 1 rings (SSSR count). The van der Waals surface area contributed by atoms with Crippen molar-refractivity contribution in [3.8, 4) is 0 Å². The van der Waals surface area contributed by atoms with Crippen molar-refractivity contribution in [2.45, 2.75) is 25.3 Å². The number of rotatable bonds is 5. The van der Waals surface area contributed by atoms with Crippen LogP contribution in [0.25, 0.3) is 0 Å². The lowest BCUT2D eigenvalue weighted by Crippen LogP contribution is -2.46. The summed E-state index contributed by atoms with van der Waals surface area (Å²) in [5.74, 6) is 0.0968. The maximum atomic E-state index is 11.7. The van der Waals surface area contributed by atoms with E-state index in [9.17, 15) is 9.59 Å². The van der Waals surface area contributed by atoms with Gasteiger partial charge in [0.2, 0.25) is 0 Å². The first kappa shape index (κ1) is 13.2. The van der Waals surface area contributed by atoms with Crippen molar-refractivity contribution in [2.24, 2.45) is 0 Å². The Morgan fingerprint density at radius 1 is 1.56 bits per heavy atom. The highest BCUT2D eigenvalue weighted by molar-refractivity contribution is 7.98. The lowest BCUT2D eigenvalue weighted by Gasteiger charge is -2.21. The molecule has 1 fully saturated rings. The van der Waals surface area contributed by atoms with Crippen LogP contribution in [0.2, 0.25) is 0 Å². The van der Waals surface area contributed by atoms with Gasteiger partial charge in [-0.3, -0.25) is 0 Å². The largest absolute Gasteiger partial charge is 0.480 e. The van der Waals surface area contributed by atoms with Crippen molar-refractivity contribution in [3.63, 3.8) is 0 Å². The van der Waals surface area contributed by atoms with Gasteiger partial charge in [-0.25, -0.2) is 9.59 Å². The van der Waals surface area contributed by atoms with Gasteiger partial charge in [-0.1, -0.05) is 0 Å². The molecule has 2 N–H and O–H groups in total. The fourth-order valence-corrected chi connectivity index (χ4v) is 2.21. The third-order valence-corrected chi connectivity index (χ3v) is 3.30. The Morgan fingerprint density at radius 3 is 2.94 bits per heavy atom. The molecular formula is C10H18N2O3S. The van der Waals surface area contributed by atoms with Gasteiger partial charge >= 0.3 is 12.0 Å². The number of likely N-dealkylation sites (tertiary alicyclic amines) is 1. The van der Waals surface area contributed by atoms with Crippen molar-refractivity contribution in [2.75, 3.05) is 25.1 Å². The normalized spacial score (nSPS) is 19.8. The summed E-state index contributed by atoms with van der Waals surface area (Å²) in [5, 5.41) is 11.7. The van der Waals surface area contributed by atoms with Crippen LogP contribution >= 0.6 is 11.8 Å². The summed E-state index contributed by atoms with van der Waals surface area (Å²) in [6.07, 6.45) is 4.27. The van der Waals surface area contributed by atoms with Gasteiger partial charge < -0.3 is 15.3 Å². The topological polar surface area (TPSA) is 69.6 Å². The van der Waals surface area contributed by atoms with Gasteiger partial charge in [-0.2, -0.15) is 11.8 Å². The van der Waals surface area contributed by atoms with Crippen LogP contribution in [0.1, 0.15) is 19.3 Å². The van der Waals surface area contributed by atoms with Crippen LogP contribution in [0.15, 0.2) is 0 Å². The molecule has 92 valence electrons. The maximum Gasteiger partial charge on any atom is 0.326 e. The van der Waals surface area contributed by atoms with E-state index in [1.807, 2.05) is 6.26 Å². The smallest absolute Gasteiger partial charge is 0.326 e. The highest BCUT2D eigenvalue weighted by Crippen LogP contribution is 2.17. The van der Waals surface area contributed by atoms with Gasteiger partial charge in [-0.05, 0) is 31.3 Å². The van der Waals surface area contributed by atoms with Crippen LogP contribution in [-0.4, -0.2) is 53.1 Å². The molecule has 0 spiro atoms. The van der Waals surface area contributed by atoms with Gasteiger partial charge in [-0.15, -0.1) is 0 Å². The monoisotopic (exact) mass is 246 g/mol. The minimum atomic E-state index is -0.906. The lowest BCUT2D eigenvalue weighted by atomic mass is 10.2. The van der Waals surface area contributed by atoms with Gasteiger partial charge in [0.25, 0.3) is 0 Å². The molecule has 0 saturated carbocycles. The molecule has 0 aromatic carbocycles. The van der Waals surface area contributed by atoms with Crippen molar-refractivity contribution >= 4 is 23.8 Å². The van der Waals surface area contributed by atoms with Crippen LogP contribution in [0.3, 0.4) is 0 Å². The quantitative estimate of drug-likeness (QED) is 0.710. The first-order chi connectivity index (χ1) is 7.66. The molecule has 0 aromatic rings. The molecule has 1 aliphatic heterocycles. The Morgan fingerprint density at radius 2 is 2.31 bits per heavy atom. The summed E-state index contributed by atoms with van der Waals surface area (Å²) in [6.45, 7) is 1.16. The predicted octanol–water partition coefficient (Wildman–Crippen LogP) is 0.998. The number of amides is 2. The third kappa shape index (κ3) is 3.59. The number of nitrogens with zero attached hydrogens (tertiary/aromatic N) is 1. The first-order valence-electron chi connectivity index (χ1n) is 5.43. The number of hydrogen-bond donors (Lipinski definition) is 2. The van der Waals surface area contributed by atoms with Crippen LogP contribution in [-0.2, 0) is 4.79 Å². The second-order valence-corrected chi connectivity index (χ2v) is 4.75. The van der Waals surface area contributed by atoms with Gasteiger partial charge in [0.1, 0.15) is 6.04 Å². The SMILES string of the molecule is CSCCCNC(=O)N1CCC[C@H]1C(=O)O. The molecule has 1 aliphatic rings. The van der Waals surface area contributed by atoms with Gasteiger partial charge in [0.15, 0.2) is 0 Å². The fourth-order valence-electron chi connectivity index (χ4n) is 1.78. The molecule has 0 aromatic heterocycles. The molecule has 16 heavy (non-hydrogen) atoms. The van der Waals surface area contributed by atoms with E-state index < -0.39 is 12.0 Å². The van der Waals surface area contributed by atoms with Crippen LogP contribution in [0.4, 0.5) is 4.79 Å². The summed E-state index contributed by atoms with van der Waals surface area (Å²) < 4.78 is 0. The molecule has 0 aliphatic carbocycles. The van der Waals surface area contributed by atoms with Crippen LogP contribution < -0.4 is 5.32 Å². The average Bonchev–Trinajstić information content (AvgIpc) is 2.73. The molecule has 5 nitrogen and oxygen atoms in total. The Hall–Kier alpha value is -0.910. The molecule has 1 heterocycles. The summed E-state index contributed by atoms with van der Waals surface area (Å²) in [4.78, 5) is 24.0. The second-order valence-electron chi connectivity index (χ2n) is 3.77. The zero-order valence-electron chi connectivity index (χ0n) is 9.44. The van der Waals surface area contributed by atoms with Crippen molar-refractivity contribution in [3.05, 3.63) is 0 Å². The Kier molecular flexibility index (Phi) is 5.45. The van der Waals surface area contributed by atoms with E-state index >= 15 is 0 Å². The highest BCUT2D eigenvalue weighted by Gasteiger charge is 2.33. The van der Waals surface area contributed by atoms with E-state index in [0.717, 1.165) is 18.6 Å². The number of carbonyl (C=O) groups excluding carboxylic acids is 1. The predicted molar refractivity (Wildman–Crippen MR) is 63.8 cm³/mol. The first-order valence-corrected chi connectivity index (χ1v) is 6.82. The number of aliphatic carboxylic acids is 1. The summed E-state index contributed by atoms with van der Waals surface area (Å²) in [5.41, 5.74) is 0. The van der Waals surface area contributed by atoms with Crippen molar-refractivity contribution in [1.29, 1.82) is 0 Å². The molecule has 1 saturated heterocycles. The van der Waals surface area contributed by atoms with Crippen molar-refractivity contribution < 1.29 is 14.7 Å². The highest BCUT2D eigenvalue weighted by atomic mass is 32.2. The average molecular weight is 246 g/mol. The summed E-state index contributed by atoms with van der Waals surface area (Å²) in [7, 11) is 0. The zero-order valence-corrected chi connectivity index (χ0v) is 10.3.